The fraction of sp³-hybridized carbons (Fsp3) is 0.188. The SMILES string of the molecule is CCOc1ccc(OCc2cccc(C#N)c2)cc1. The molecule has 0 aliphatic rings. The summed E-state index contributed by atoms with van der Waals surface area (Å²) in [4.78, 5) is 0. The molecule has 19 heavy (non-hydrogen) atoms. The minimum Gasteiger partial charge on any atom is -0.494 e. The van der Waals surface area contributed by atoms with E-state index in [9.17, 15) is 0 Å². The molecule has 0 atom stereocenters. The zero-order valence-electron chi connectivity index (χ0n) is 10.8. The fourth-order valence-corrected chi connectivity index (χ4v) is 1.70. The molecule has 2 aromatic rings. The van der Waals surface area contributed by atoms with E-state index in [0.717, 1.165) is 17.1 Å². The summed E-state index contributed by atoms with van der Waals surface area (Å²) in [5, 5.41) is 8.82. The van der Waals surface area contributed by atoms with Gasteiger partial charge in [0.1, 0.15) is 18.1 Å². The molecule has 0 aliphatic carbocycles. The molecule has 3 heteroatoms. The molecule has 0 aromatic heterocycles. The van der Waals surface area contributed by atoms with E-state index >= 15 is 0 Å². The topological polar surface area (TPSA) is 42.2 Å². The molecule has 2 rings (SSSR count). The van der Waals surface area contributed by atoms with E-state index in [1.807, 2.05) is 49.4 Å². The predicted octanol–water partition coefficient (Wildman–Crippen LogP) is 3.54. The maximum atomic E-state index is 8.82. The van der Waals surface area contributed by atoms with Crippen LogP contribution in [0.1, 0.15) is 18.1 Å². The minimum atomic E-state index is 0.448. The Bertz CT molecular complexity index is 570. The Labute approximate surface area is 113 Å². The third-order valence-electron chi connectivity index (χ3n) is 2.60. The first kappa shape index (κ1) is 13.0. The quantitative estimate of drug-likeness (QED) is 0.818. The van der Waals surface area contributed by atoms with Crippen molar-refractivity contribution in [2.45, 2.75) is 13.5 Å². The van der Waals surface area contributed by atoms with Crippen molar-refractivity contribution in [3.63, 3.8) is 0 Å². The second kappa shape index (κ2) is 6.46. The molecule has 3 nitrogen and oxygen atoms in total. The summed E-state index contributed by atoms with van der Waals surface area (Å²) in [6, 6.07) is 17.0. The Balaban J connectivity index is 1.96. The van der Waals surface area contributed by atoms with Crippen molar-refractivity contribution in [2.24, 2.45) is 0 Å². The highest BCUT2D eigenvalue weighted by molar-refractivity contribution is 5.34. The largest absolute Gasteiger partial charge is 0.494 e. The van der Waals surface area contributed by atoms with Gasteiger partial charge in [-0.15, -0.1) is 0 Å². The second-order valence-electron chi connectivity index (χ2n) is 4.01. The Morgan fingerprint density at radius 2 is 1.68 bits per heavy atom. The van der Waals surface area contributed by atoms with Crippen molar-refractivity contribution in [2.75, 3.05) is 6.61 Å². The van der Waals surface area contributed by atoms with Crippen LogP contribution in [0, 0.1) is 11.3 Å². The van der Waals surface area contributed by atoms with Crippen LogP contribution in [0.15, 0.2) is 48.5 Å². The van der Waals surface area contributed by atoms with Gasteiger partial charge in [-0.05, 0) is 48.9 Å². The van der Waals surface area contributed by atoms with Gasteiger partial charge in [-0.1, -0.05) is 12.1 Å². The summed E-state index contributed by atoms with van der Waals surface area (Å²) in [7, 11) is 0. The van der Waals surface area contributed by atoms with Crippen LogP contribution in [0.5, 0.6) is 11.5 Å². The monoisotopic (exact) mass is 253 g/mol. The van der Waals surface area contributed by atoms with Gasteiger partial charge in [0.05, 0.1) is 18.2 Å². The number of ether oxygens (including phenoxy) is 2. The van der Waals surface area contributed by atoms with E-state index in [1.165, 1.54) is 0 Å². The molecule has 0 saturated carbocycles. The molecular formula is C16H15NO2. The van der Waals surface area contributed by atoms with E-state index < -0.39 is 0 Å². The average molecular weight is 253 g/mol. The summed E-state index contributed by atoms with van der Waals surface area (Å²) >= 11 is 0. The number of hydrogen-bond donors (Lipinski definition) is 0. The molecule has 0 heterocycles. The van der Waals surface area contributed by atoms with Crippen molar-refractivity contribution < 1.29 is 9.47 Å². The zero-order valence-corrected chi connectivity index (χ0v) is 10.8. The lowest BCUT2D eigenvalue weighted by molar-refractivity contribution is 0.304. The van der Waals surface area contributed by atoms with Crippen molar-refractivity contribution in [3.05, 3.63) is 59.7 Å². The number of rotatable bonds is 5. The Kier molecular flexibility index (Phi) is 4.41. The summed E-state index contributed by atoms with van der Waals surface area (Å²) in [5.74, 6) is 1.62. The fourth-order valence-electron chi connectivity index (χ4n) is 1.70. The Morgan fingerprint density at radius 1 is 1.00 bits per heavy atom. The second-order valence-corrected chi connectivity index (χ2v) is 4.01. The highest BCUT2D eigenvalue weighted by Crippen LogP contribution is 2.18. The molecule has 0 saturated heterocycles. The van der Waals surface area contributed by atoms with E-state index in [4.69, 9.17) is 14.7 Å². The van der Waals surface area contributed by atoms with Crippen LogP contribution in [0.4, 0.5) is 0 Å². The third kappa shape index (κ3) is 3.75. The van der Waals surface area contributed by atoms with Gasteiger partial charge in [-0.25, -0.2) is 0 Å². The smallest absolute Gasteiger partial charge is 0.120 e. The average Bonchev–Trinajstić information content (AvgIpc) is 2.47. The number of nitriles is 1. The van der Waals surface area contributed by atoms with E-state index in [-0.39, 0.29) is 0 Å². The van der Waals surface area contributed by atoms with Crippen molar-refractivity contribution in [3.8, 4) is 17.6 Å². The third-order valence-corrected chi connectivity index (χ3v) is 2.60. The molecular weight excluding hydrogens is 238 g/mol. The van der Waals surface area contributed by atoms with Crippen LogP contribution in [0.2, 0.25) is 0 Å². The lowest BCUT2D eigenvalue weighted by Gasteiger charge is -2.08. The van der Waals surface area contributed by atoms with Crippen molar-refractivity contribution >= 4 is 0 Å². The molecule has 96 valence electrons. The molecule has 0 unspecified atom stereocenters. The van der Waals surface area contributed by atoms with Gasteiger partial charge in [0, 0.05) is 0 Å². The van der Waals surface area contributed by atoms with Crippen LogP contribution in [-0.2, 0) is 6.61 Å². The van der Waals surface area contributed by atoms with Crippen LogP contribution in [0.3, 0.4) is 0 Å². The number of hydrogen-bond acceptors (Lipinski definition) is 3. The Morgan fingerprint density at radius 3 is 2.32 bits per heavy atom. The molecule has 0 amide bonds. The van der Waals surface area contributed by atoms with Crippen LogP contribution >= 0.6 is 0 Å². The normalized spacial score (nSPS) is 9.68. The first-order valence-corrected chi connectivity index (χ1v) is 6.16. The molecule has 0 spiro atoms. The van der Waals surface area contributed by atoms with Gasteiger partial charge >= 0.3 is 0 Å². The summed E-state index contributed by atoms with van der Waals surface area (Å²) in [5.41, 5.74) is 1.63. The van der Waals surface area contributed by atoms with Gasteiger partial charge < -0.3 is 9.47 Å². The Hall–Kier alpha value is -2.47. The maximum absolute atomic E-state index is 8.82. The first-order chi connectivity index (χ1) is 9.31. The molecule has 0 N–H and O–H groups in total. The maximum Gasteiger partial charge on any atom is 0.120 e. The summed E-state index contributed by atoms with van der Waals surface area (Å²) in [6.45, 7) is 3.05. The predicted molar refractivity (Wildman–Crippen MR) is 73.1 cm³/mol. The number of benzene rings is 2. The van der Waals surface area contributed by atoms with Crippen LogP contribution in [0.25, 0.3) is 0 Å². The summed E-state index contributed by atoms with van der Waals surface area (Å²) in [6.07, 6.45) is 0. The van der Waals surface area contributed by atoms with Gasteiger partial charge in [-0.2, -0.15) is 5.26 Å². The van der Waals surface area contributed by atoms with Crippen molar-refractivity contribution in [1.29, 1.82) is 5.26 Å². The molecule has 0 aliphatic heterocycles. The van der Waals surface area contributed by atoms with Crippen molar-refractivity contribution in [1.82, 2.24) is 0 Å². The van der Waals surface area contributed by atoms with E-state index in [2.05, 4.69) is 6.07 Å². The molecule has 0 radical (unpaired) electrons. The van der Waals surface area contributed by atoms with Gasteiger partial charge in [-0.3, -0.25) is 0 Å². The summed E-state index contributed by atoms with van der Waals surface area (Å²) < 4.78 is 11.0. The minimum absolute atomic E-state index is 0.448. The van der Waals surface area contributed by atoms with Gasteiger partial charge in [0.2, 0.25) is 0 Å². The number of nitrogens with zero attached hydrogens (tertiary/aromatic N) is 1. The van der Waals surface area contributed by atoms with E-state index in [0.29, 0.717) is 18.8 Å². The highest BCUT2D eigenvalue weighted by atomic mass is 16.5. The van der Waals surface area contributed by atoms with Crippen LogP contribution < -0.4 is 9.47 Å². The standard InChI is InChI=1S/C16H15NO2/c1-2-18-15-6-8-16(9-7-15)19-12-14-5-3-4-13(10-14)11-17/h3-10H,2,12H2,1H3. The lowest BCUT2D eigenvalue weighted by atomic mass is 10.1. The highest BCUT2D eigenvalue weighted by Gasteiger charge is 1.98. The zero-order chi connectivity index (χ0) is 13.5. The van der Waals surface area contributed by atoms with Crippen LogP contribution in [-0.4, -0.2) is 6.61 Å². The molecule has 2 aromatic carbocycles. The van der Waals surface area contributed by atoms with Gasteiger partial charge in [0.15, 0.2) is 0 Å². The molecule has 0 bridgehead atoms. The van der Waals surface area contributed by atoms with E-state index in [1.54, 1.807) is 6.07 Å². The molecule has 0 fully saturated rings. The lowest BCUT2D eigenvalue weighted by Crippen LogP contribution is -1.96. The first-order valence-electron chi connectivity index (χ1n) is 6.16. The van der Waals surface area contributed by atoms with Gasteiger partial charge in [0.25, 0.3) is 0 Å².